The highest BCUT2D eigenvalue weighted by Crippen LogP contribution is 2.26. The normalized spacial score (nSPS) is 22.4. The Bertz CT molecular complexity index is 813. The number of halogens is 1. The predicted octanol–water partition coefficient (Wildman–Crippen LogP) is 1.47. The topological polar surface area (TPSA) is 62.7 Å². The summed E-state index contributed by atoms with van der Waals surface area (Å²) in [6.45, 7) is 1.23. The van der Waals surface area contributed by atoms with Crippen LogP contribution in [-0.2, 0) is 16.1 Å². The fourth-order valence-corrected chi connectivity index (χ4v) is 3.50. The molecule has 2 amide bonds. The average molecular weight is 355 g/mol. The number of pyridine rings is 1. The second kappa shape index (κ2) is 6.84. The van der Waals surface area contributed by atoms with Crippen LogP contribution in [0.3, 0.4) is 0 Å². The maximum atomic E-state index is 13.1. The summed E-state index contributed by atoms with van der Waals surface area (Å²) in [5.41, 5.74) is 1.41. The van der Waals surface area contributed by atoms with E-state index < -0.39 is 0 Å². The van der Waals surface area contributed by atoms with E-state index in [4.69, 9.17) is 4.74 Å². The van der Waals surface area contributed by atoms with Gasteiger partial charge in [0, 0.05) is 37.6 Å². The van der Waals surface area contributed by atoms with Crippen molar-refractivity contribution in [2.75, 3.05) is 19.7 Å². The van der Waals surface area contributed by atoms with Crippen molar-refractivity contribution in [2.24, 2.45) is 0 Å². The van der Waals surface area contributed by atoms with Crippen LogP contribution in [0, 0.1) is 5.82 Å². The molecule has 3 heterocycles. The molecule has 1 aromatic heterocycles. The standard InChI is InChI=1S/C19H18FN3O3/c20-15-3-1-13(2-4-15)9-23-16-10-22(11-17(16)26-12-18(23)24)19(25)14-5-7-21-8-6-14/h1-8,16-17H,9-12H2. The van der Waals surface area contributed by atoms with Crippen molar-refractivity contribution in [3.63, 3.8) is 0 Å². The number of hydrogen-bond acceptors (Lipinski definition) is 4. The first kappa shape index (κ1) is 16.7. The van der Waals surface area contributed by atoms with Gasteiger partial charge < -0.3 is 14.5 Å². The summed E-state index contributed by atoms with van der Waals surface area (Å²) in [6.07, 6.45) is 2.95. The van der Waals surface area contributed by atoms with Gasteiger partial charge in [0.2, 0.25) is 5.91 Å². The van der Waals surface area contributed by atoms with E-state index in [2.05, 4.69) is 4.98 Å². The lowest BCUT2D eigenvalue weighted by atomic mass is 10.1. The Kier molecular flexibility index (Phi) is 4.38. The van der Waals surface area contributed by atoms with Crippen LogP contribution in [0.5, 0.6) is 0 Å². The molecule has 2 unspecified atom stereocenters. The molecule has 134 valence electrons. The molecule has 2 aliphatic rings. The Morgan fingerprint density at radius 3 is 2.62 bits per heavy atom. The van der Waals surface area contributed by atoms with E-state index in [-0.39, 0.29) is 36.4 Å². The van der Waals surface area contributed by atoms with Crippen molar-refractivity contribution in [2.45, 2.75) is 18.7 Å². The monoisotopic (exact) mass is 355 g/mol. The lowest BCUT2D eigenvalue weighted by Gasteiger charge is -2.36. The third kappa shape index (κ3) is 3.17. The minimum absolute atomic E-state index is 0.000348. The van der Waals surface area contributed by atoms with Gasteiger partial charge in [-0.3, -0.25) is 14.6 Å². The average Bonchev–Trinajstić information content (AvgIpc) is 3.10. The number of nitrogens with zero attached hydrogens (tertiary/aromatic N) is 3. The SMILES string of the molecule is O=C(c1ccncc1)N1CC2OCC(=O)N(Cc3ccc(F)cc3)C2C1. The molecule has 0 saturated carbocycles. The molecule has 0 spiro atoms. The van der Waals surface area contributed by atoms with Gasteiger partial charge in [-0.2, -0.15) is 0 Å². The number of morpholine rings is 1. The van der Waals surface area contributed by atoms with Crippen molar-refractivity contribution < 1.29 is 18.7 Å². The number of hydrogen-bond donors (Lipinski definition) is 0. The number of carbonyl (C=O) groups is 2. The Hall–Kier alpha value is -2.80. The summed E-state index contributed by atoms with van der Waals surface area (Å²) in [5, 5.41) is 0. The molecule has 2 atom stereocenters. The fourth-order valence-electron chi connectivity index (χ4n) is 3.50. The Labute approximate surface area is 150 Å². The summed E-state index contributed by atoms with van der Waals surface area (Å²) in [4.78, 5) is 32.4. The fraction of sp³-hybridized carbons (Fsp3) is 0.316. The molecule has 2 saturated heterocycles. The van der Waals surface area contributed by atoms with Gasteiger partial charge in [0.1, 0.15) is 12.4 Å². The molecule has 6 nitrogen and oxygen atoms in total. The third-order valence-electron chi connectivity index (χ3n) is 4.86. The highest BCUT2D eigenvalue weighted by Gasteiger charge is 2.44. The molecule has 0 aliphatic carbocycles. The van der Waals surface area contributed by atoms with Crippen molar-refractivity contribution >= 4 is 11.8 Å². The first-order valence-electron chi connectivity index (χ1n) is 8.46. The highest BCUT2D eigenvalue weighted by atomic mass is 19.1. The first-order chi connectivity index (χ1) is 12.6. The molecule has 0 N–H and O–H groups in total. The minimum atomic E-state index is -0.310. The summed E-state index contributed by atoms with van der Waals surface area (Å²) in [6, 6.07) is 9.24. The van der Waals surface area contributed by atoms with Crippen LogP contribution in [0.15, 0.2) is 48.8 Å². The summed E-state index contributed by atoms with van der Waals surface area (Å²) in [7, 11) is 0. The van der Waals surface area contributed by atoms with Gasteiger partial charge in [-0.05, 0) is 29.8 Å². The molecule has 2 fully saturated rings. The van der Waals surface area contributed by atoms with Gasteiger partial charge in [-0.25, -0.2) is 4.39 Å². The van der Waals surface area contributed by atoms with Crippen LogP contribution < -0.4 is 0 Å². The highest BCUT2D eigenvalue weighted by molar-refractivity contribution is 5.94. The van der Waals surface area contributed by atoms with Crippen LogP contribution >= 0.6 is 0 Å². The number of aromatic nitrogens is 1. The van der Waals surface area contributed by atoms with E-state index in [1.807, 2.05) is 0 Å². The number of carbonyl (C=O) groups excluding carboxylic acids is 2. The van der Waals surface area contributed by atoms with E-state index in [9.17, 15) is 14.0 Å². The van der Waals surface area contributed by atoms with Gasteiger partial charge >= 0.3 is 0 Å². The van der Waals surface area contributed by atoms with Crippen LogP contribution in [-0.4, -0.2) is 58.4 Å². The van der Waals surface area contributed by atoms with Crippen molar-refractivity contribution in [3.8, 4) is 0 Å². The van der Waals surface area contributed by atoms with E-state index in [1.165, 1.54) is 12.1 Å². The number of fused-ring (bicyclic) bond motifs is 1. The minimum Gasteiger partial charge on any atom is -0.364 e. The quantitative estimate of drug-likeness (QED) is 0.837. The lowest BCUT2D eigenvalue weighted by Crippen LogP contribution is -2.53. The number of likely N-dealkylation sites (tertiary alicyclic amines) is 1. The van der Waals surface area contributed by atoms with Gasteiger partial charge in [-0.15, -0.1) is 0 Å². The van der Waals surface area contributed by atoms with Crippen LogP contribution in [0.1, 0.15) is 15.9 Å². The third-order valence-corrected chi connectivity index (χ3v) is 4.86. The van der Waals surface area contributed by atoms with Gasteiger partial charge in [0.05, 0.1) is 12.1 Å². The zero-order valence-electron chi connectivity index (χ0n) is 14.0. The van der Waals surface area contributed by atoms with E-state index in [1.54, 1.807) is 46.5 Å². The zero-order chi connectivity index (χ0) is 18.1. The molecule has 26 heavy (non-hydrogen) atoms. The zero-order valence-corrected chi connectivity index (χ0v) is 14.0. The molecule has 0 radical (unpaired) electrons. The number of benzene rings is 1. The second-order valence-corrected chi connectivity index (χ2v) is 6.51. The largest absolute Gasteiger partial charge is 0.364 e. The number of rotatable bonds is 3. The Morgan fingerprint density at radius 2 is 1.88 bits per heavy atom. The Balaban J connectivity index is 1.51. The number of ether oxygens (including phenoxy) is 1. The molecule has 1 aromatic carbocycles. The van der Waals surface area contributed by atoms with Gasteiger partial charge in [-0.1, -0.05) is 12.1 Å². The Morgan fingerprint density at radius 1 is 1.15 bits per heavy atom. The molecular weight excluding hydrogens is 337 g/mol. The summed E-state index contributed by atoms with van der Waals surface area (Å²) < 4.78 is 18.8. The first-order valence-corrected chi connectivity index (χ1v) is 8.46. The van der Waals surface area contributed by atoms with Crippen molar-refractivity contribution in [1.82, 2.24) is 14.8 Å². The second-order valence-electron chi connectivity index (χ2n) is 6.51. The molecule has 2 aromatic rings. The molecular formula is C19H18FN3O3. The maximum Gasteiger partial charge on any atom is 0.254 e. The van der Waals surface area contributed by atoms with Crippen molar-refractivity contribution in [3.05, 3.63) is 65.7 Å². The smallest absolute Gasteiger partial charge is 0.254 e. The van der Waals surface area contributed by atoms with Crippen LogP contribution in [0.4, 0.5) is 4.39 Å². The van der Waals surface area contributed by atoms with E-state index in [0.29, 0.717) is 25.2 Å². The van der Waals surface area contributed by atoms with Crippen LogP contribution in [0.2, 0.25) is 0 Å². The summed E-state index contributed by atoms with van der Waals surface area (Å²) >= 11 is 0. The summed E-state index contributed by atoms with van der Waals surface area (Å²) in [5.74, 6) is -0.525. The van der Waals surface area contributed by atoms with Gasteiger partial charge in [0.15, 0.2) is 0 Å². The van der Waals surface area contributed by atoms with E-state index in [0.717, 1.165) is 5.56 Å². The molecule has 4 rings (SSSR count). The molecule has 7 heteroatoms. The van der Waals surface area contributed by atoms with Crippen LogP contribution in [0.25, 0.3) is 0 Å². The predicted molar refractivity (Wildman–Crippen MR) is 90.6 cm³/mol. The molecule has 2 aliphatic heterocycles. The van der Waals surface area contributed by atoms with E-state index >= 15 is 0 Å². The van der Waals surface area contributed by atoms with Gasteiger partial charge in [0.25, 0.3) is 5.91 Å². The maximum absolute atomic E-state index is 13.1. The van der Waals surface area contributed by atoms with Crippen molar-refractivity contribution in [1.29, 1.82) is 0 Å². The molecule has 0 bridgehead atoms. The number of amides is 2. The lowest BCUT2D eigenvalue weighted by molar-refractivity contribution is -0.153.